The van der Waals surface area contributed by atoms with Gasteiger partial charge in [-0.05, 0) is 18.8 Å². The summed E-state index contributed by atoms with van der Waals surface area (Å²) in [5.74, 6) is 3.71. The van der Waals surface area contributed by atoms with Gasteiger partial charge in [-0.3, -0.25) is 0 Å². The lowest BCUT2D eigenvalue weighted by molar-refractivity contribution is 0.544. The predicted octanol–water partition coefficient (Wildman–Crippen LogP) is 2.71. The lowest BCUT2D eigenvalue weighted by Gasteiger charge is -2.22. The van der Waals surface area contributed by atoms with E-state index >= 15 is 0 Å². The van der Waals surface area contributed by atoms with Gasteiger partial charge in [-0.2, -0.15) is 0 Å². The first-order valence-corrected chi connectivity index (χ1v) is 6.99. The van der Waals surface area contributed by atoms with Gasteiger partial charge in [0.25, 0.3) is 0 Å². The molecule has 18 heavy (non-hydrogen) atoms. The molecule has 4 heteroatoms. The van der Waals surface area contributed by atoms with Crippen molar-refractivity contribution in [2.45, 2.75) is 39.0 Å². The predicted molar refractivity (Wildman–Crippen MR) is 76.2 cm³/mol. The molecule has 1 N–H and O–H groups in total. The molecule has 0 unspecified atom stereocenters. The van der Waals surface area contributed by atoms with Gasteiger partial charge in [0.05, 0.1) is 0 Å². The zero-order chi connectivity index (χ0) is 13.0. The maximum absolute atomic E-state index is 4.62. The van der Waals surface area contributed by atoms with E-state index in [1.807, 2.05) is 13.1 Å². The molecule has 1 aliphatic carbocycles. The minimum Gasteiger partial charge on any atom is -0.373 e. The summed E-state index contributed by atoms with van der Waals surface area (Å²) in [5, 5.41) is 3.11. The fourth-order valence-electron chi connectivity index (χ4n) is 2.64. The molecule has 0 aromatic carbocycles. The van der Waals surface area contributed by atoms with Crippen LogP contribution in [0.3, 0.4) is 0 Å². The van der Waals surface area contributed by atoms with Crippen molar-refractivity contribution in [1.82, 2.24) is 9.97 Å². The average molecular weight is 248 g/mol. The van der Waals surface area contributed by atoms with Gasteiger partial charge in [0.15, 0.2) is 0 Å². The van der Waals surface area contributed by atoms with E-state index in [-0.39, 0.29) is 0 Å². The van der Waals surface area contributed by atoms with Gasteiger partial charge in [0.1, 0.15) is 17.5 Å². The molecule has 0 saturated heterocycles. The van der Waals surface area contributed by atoms with Crippen LogP contribution in [-0.4, -0.2) is 30.6 Å². The third kappa shape index (κ3) is 3.12. The van der Waals surface area contributed by atoms with Gasteiger partial charge in [0.2, 0.25) is 0 Å². The van der Waals surface area contributed by atoms with Crippen molar-refractivity contribution >= 4 is 11.6 Å². The number of hydrogen-bond donors (Lipinski definition) is 1. The topological polar surface area (TPSA) is 41.1 Å². The van der Waals surface area contributed by atoms with Gasteiger partial charge in [-0.25, -0.2) is 9.97 Å². The van der Waals surface area contributed by atoms with E-state index in [0.29, 0.717) is 0 Å². The Morgan fingerprint density at radius 2 is 2.06 bits per heavy atom. The number of anilines is 2. The van der Waals surface area contributed by atoms with E-state index in [0.717, 1.165) is 36.3 Å². The van der Waals surface area contributed by atoms with Crippen molar-refractivity contribution < 1.29 is 0 Å². The Morgan fingerprint density at radius 1 is 1.33 bits per heavy atom. The Bertz CT molecular complexity index is 363. The summed E-state index contributed by atoms with van der Waals surface area (Å²) in [6, 6.07) is 2.04. The minimum atomic E-state index is 0.841. The zero-order valence-corrected chi connectivity index (χ0v) is 11.7. The van der Waals surface area contributed by atoms with Gasteiger partial charge in [0, 0.05) is 33.1 Å². The molecule has 0 bridgehead atoms. The molecule has 0 aliphatic heterocycles. The average Bonchev–Trinajstić information content (AvgIpc) is 2.90. The Labute approximate surface area is 110 Å². The van der Waals surface area contributed by atoms with Crippen LogP contribution in [0.1, 0.15) is 38.4 Å². The van der Waals surface area contributed by atoms with Crippen molar-refractivity contribution in [1.29, 1.82) is 0 Å². The second-order valence-electron chi connectivity index (χ2n) is 5.16. The summed E-state index contributed by atoms with van der Waals surface area (Å²) in [4.78, 5) is 11.3. The van der Waals surface area contributed by atoms with Crippen LogP contribution in [0.5, 0.6) is 0 Å². The molecule has 1 aromatic heterocycles. The highest BCUT2D eigenvalue weighted by Gasteiger charge is 2.18. The molecule has 0 atom stereocenters. The van der Waals surface area contributed by atoms with E-state index in [1.54, 1.807) is 0 Å². The van der Waals surface area contributed by atoms with Gasteiger partial charge in [-0.15, -0.1) is 0 Å². The number of hydrogen-bond acceptors (Lipinski definition) is 4. The molecule has 0 spiro atoms. The molecular weight excluding hydrogens is 224 g/mol. The van der Waals surface area contributed by atoms with Gasteiger partial charge < -0.3 is 10.2 Å². The number of nitrogens with one attached hydrogen (secondary N) is 1. The first-order chi connectivity index (χ1) is 8.72. The van der Waals surface area contributed by atoms with Crippen LogP contribution in [0.25, 0.3) is 0 Å². The first-order valence-electron chi connectivity index (χ1n) is 6.99. The minimum absolute atomic E-state index is 0.841. The molecule has 0 radical (unpaired) electrons. The van der Waals surface area contributed by atoms with Crippen LogP contribution in [-0.2, 0) is 6.42 Å². The summed E-state index contributed by atoms with van der Waals surface area (Å²) in [6.07, 6.45) is 6.40. The summed E-state index contributed by atoms with van der Waals surface area (Å²) >= 11 is 0. The van der Waals surface area contributed by atoms with Crippen molar-refractivity contribution in [2.75, 3.05) is 30.9 Å². The van der Waals surface area contributed by atoms with Crippen LogP contribution in [0.2, 0.25) is 0 Å². The van der Waals surface area contributed by atoms with E-state index < -0.39 is 0 Å². The van der Waals surface area contributed by atoms with E-state index in [2.05, 4.69) is 34.2 Å². The normalized spacial score (nSPS) is 15.9. The fourth-order valence-corrected chi connectivity index (χ4v) is 2.64. The Hall–Kier alpha value is -1.32. The molecule has 1 heterocycles. The highest BCUT2D eigenvalue weighted by Crippen LogP contribution is 2.26. The van der Waals surface area contributed by atoms with E-state index in [4.69, 9.17) is 0 Å². The monoisotopic (exact) mass is 248 g/mol. The maximum atomic E-state index is 4.62. The second kappa shape index (κ2) is 6.03. The number of rotatable bonds is 5. The molecule has 4 nitrogen and oxygen atoms in total. The Balaban J connectivity index is 2.09. The third-order valence-electron chi connectivity index (χ3n) is 3.73. The lowest BCUT2D eigenvalue weighted by Crippen LogP contribution is -2.25. The molecule has 100 valence electrons. The molecule has 1 aromatic rings. The van der Waals surface area contributed by atoms with Crippen LogP contribution >= 0.6 is 0 Å². The van der Waals surface area contributed by atoms with Gasteiger partial charge in [-0.1, -0.05) is 19.8 Å². The third-order valence-corrected chi connectivity index (χ3v) is 3.73. The molecule has 1 saturated carbocycles. The standard InChI is InChI=1S/C14H24N4/c1-4-12-16-13(15-2)9-14(17-12)18(3)10-11-7-5-6-8-11/h9,11H,4-8,10H2,1-3H3,(H,15,16,17). The SMILES string of the molecule is CCc1nc(NC)cc(N(C)CC2CCCC2)n1. The first kappa shape index (κ1) is 13.1. The Kier molecular flexibility index (Phi) is 4.39. The highest BCUT2D eigenvalue weighted by molar-refractivity contribution is 5.48. The second-order valence-corrected chi connectivity index (χ2v) is 5.16. The number of nitrogens with zero attached hydrogens (tertiary/aromatic N) is 3. The summed E-state index contributed by atoms with van der Waals surface area (Å²) in [7, 11) is 4.04. The Morgan fingerprint density at radius 3 is 2.67 bits per heavy atom. The van der Waals surface area contributed by atoms with Crippen LogP contribution in [0.15, 0.2) is 6.07 Å². The van der Waals surface area contributed by atoms with Crippen LogP contribution in [0, 0.1) is 5.92 Å². The summed E-state index contributed by atoms with van der Waals surface area (Å²) < 4.78 is 0. The smallest absolute Gasteiger partial charge is 0.134 e. The molecule has 1 aliphatic rings. The van der Waals surface area contributed by atoms with Crippen molar-refractivity contribution in [2.24, 2.45) is 5.92 Å². The zero-order valence-electron chi connectivity index (χ0n) is 11.7. The van der Waals surface area contributed by atoms with E-state index in [1.165, 1.54) is 25.7 Å². The molecular formula is C14H24N4. The van der Waals surface area contributed by atoms with Crippen molar-refractivity contribution in [3.8, 4) is 0 Å². The van der Waals surface area contributed by atoms with Crippen LogP contribution < -0.4 is 10.2 Å². The number of aromatic nitrogens is 2. The fraction of sp³-hybridized carbons (Fsp3) is 0.714. The van der Waals surface area contributed by atoms with Crippen LogP contribution in [0.4, 0.5) is 11.6 Å². The molecule has 1 fully saturated rings. The summed E-state index contributed by atoms with van der Waals surface area (Å²) in [6.45, 7) is 3.21. The molecule has 2 rings (SSSR count). The quantitative estimate of drug-likeness (QED) is 0.870. The van der Waals surface area contributed by atoms with Crippen molar-refractivity contribution in [3.05, 3.63) is 11.9 Å². The summed E-state index contributed by atoms with van der Waals surface area (Å²) in [5.41, 5.74) is 0. The van der Waals surface area contributed by atoms with Gasteiger partial charge >= 0.3 is 0 Å². The lowest BCUT2D eigenvalue weighted by atomic mass is 10.1. The van der Waals surface area contributed by atoms with E-state index in [9.17, 15) is 0 Å². The number of aryl methyl sites for hydroxylation is 1. The van der Waals surface area contributed by atoms with Crippen molar-refractivity contribution in [3.63, 3.8) is 0 Å². The maximum Gasteiger partial charge on any atom is 0.134 e. The highest BCUT2D eigenvalue weighted by atomic mass is 15.2. The largest absolute Gasteiger partial charge is 0.373 e. The molecule has 0 amide bonds.